The fourth-order valence-electron chi connectivity index (χ4n) is 6.23. The van der Waals surface area contributed by atoms with Crippen molar-refractivity contribution in [2.75, 3.05) is 18.0 Å². The highest BCUT2D eigenvalue weighted by molar-refractivity contribution is 7.19. The number of aryl methyl sites for hydroxylation is 2. The van der Waals surface area contributed by atoms with E-state index in [9.17, 15) is 0 Å². The van der Waals surface area contributed by atoms with E-state index < -0.39 is 0 Å². The van der Waals surface area contributed by atoms with Crippen LogP contribution in [0.15, 0.2) is 109 Å². The van der Waals surface area contributed by atoms with Crippen molar-refractivity contribution in [3.8, 4) is 11.3 Å². The van der Waals surface area contributed by atoms with Crippen LogP contribution in [-0.2, 0) is 0 Å². The van der Waals surface area contributed by atoms with E-state index in [1.165, 1.54) is 66.8 Å². The minimum atomic E-state index is 0.639. The SMILES string of the molecule is Cc1cc(/N=N/c2ccc(N3CCCC3)s2)ccc1/N=N/c1ccc(/N=N/c2nc(-c3ccc(C4CCCCC4)cc3)cs2)c(C)c1. The van der Waals surface area contributed by atoms with Crippen molar-refractivity contribution >= 4 is 60.6 Å². The van der Waals surface area contributed by atoms with Crippen molar-refractivity contribution in [1.29, 1.82) is 0 Å². The summed E-state index contributed by atoms with van der Waals surface area (Å²) >= 11 is 3.19. The zero-order chi connectivity index (χ0) is 32.0. The molecule has 47 heavy (non-hydrogen) atoms. The van der Waals surface area contributed by atoms with Gasteiger partial charge in [-0.1, -0.05) is 54.9 Å². The molecule has 3 aromatic carbocycles. The molecular weight excluding hydrogens is 621 g/mol. The summed E-state index contributed by atoms with van der Waals surface area (Å²) in [6.07, 6.45) is 9.21. The Kier molecular flexibility index (Phi) is 9.67. The molecule has 1 saturated heterocycles. The van der Waals surface area contributed by atoms with Gasteiger partial charge in [0.25, 0.3) is 0 Å². The highest BCUT2D eigenvalue weighted by Crippen LogP contribution is 2.37. The van der Waals surface area contributed by atoms with Gasteiger partial charge in [0.15, 0.2) is 0 Å². The predicted octanol–water partition coefficient (Wildman–Crippen LogP) is 13.4. The Morgan fingerprint density at radius 2 is 1.32 bits per heavy atom. The topological polar surface area (TPSA) is 90.3 Å². The van der Waals surface area contributed by atoms with Crippen LogP contribution in [0.25, 0.3) is 11.3 Å². The average Bonchev–Trinajstić information content (AvgIpc) is 3.90. The second-order valence-corrected chi connectivity index (χ2v) is 14.2. The maximum Gasteiger partial charge on any atom is 0.230 e. The van der Waals surface area contributed by atoms with Gasteiger partial charge in [-0.25, -0.2) is 4.98 Å². The van der Waals surface area contributed by atoms with Crippen LogP contribution >= 0.6 is 22.7 Å². The van der Waals surface area contributed by atoms with Gasteiger partial charge in [0, 0.05) is 24.0 Å². The van der Waals surface area contributed by atoms with Crippen LogP contribution in [0, 0.1) is 13.8 Å². The number of benzene rings is 3. The summed E-state index contributed by atoms with van der Waals surface area (Å²) in [6, 6.07) is 24.7. The molecule has 1 saturated carbocycles. The Bertz CT molecular complexity index is 1910. The Morgan fingerprint density at radius 3 is 2.00 bits per heavy atom. The Balaban J connectivity index is 0.955. The van der Waals surface area contributed by atoms with Gasteiger partial charge in [0.1, 0.15) is 5.00 Å². The summed E-state index contributed by atoms with van der Waals surface area (Å²) in [7, 11) is 0. The smallest absolute Gasteiger partial charge is 0.230 e. The molecule has 0 spiro atoms. The lowest BCUT2D eigenvalue weighted by Crippen LogP contribution is -2.15. The van der Waals surface area contributed by atoms with Crippen LogP contribution in [0.4, 0.5) is 37.9 Å². The molecule has 0 amide bonds. The molecule has 1 aliphatic carbocycles. The quantitative estimate of drug-likeness (QED) is 0.147. The van der Waals surface area contributed by atoms with E-state index >= 15 is 0 Å². The number of hydrogen-bond donors (Lipinski definition) is 0. The molecule has 3 heterocycles. The lowest BCUT2D eigenvalue weighted by atomic mass is 9.84. The van der Waals surface area contributed by atoms with Crippen molar-refractivity contribution in [2.45, 2.75) is 64.7 Å². The maximum absolute atomic E-state index is 4.72. The van der Waals surface area contributed by atoms with E-state index in [1.807, 2.05) is 61.7 Å². The molecule has 5 aromatic rings. The van der Waals surface area contributed by atoms with Crippen molar-refractivity contribution in [1.82, 2.24) is 4.98 Å². The van der Waals surface area contributed by atoms with E-state index in [1.54, 1.807) is 11.3 Å². The molecule has 1 aliphatic heterocycles. The van der Waals surface area contributed by atoms with Crippen molar-refractivity contribution in [2.24, 2.45) is 30.7 Å². The summed E-state index contributed by atoms with van der Waals surface area (Å²) < 4.78 is 0. The van der Waals surface area contributed by atoms with E-state index in [-0.39, 0.29) is 0 Å². The second-order valence-electron chi connectivity index (χ2n) is 12.3. The summed E-state index contributed by atoms with van der Waals surface area (Å²) in [5, 5.41) is 31.7. The van der Waals surface area contributed by atoms with Crippen LogP contribution in [0.5, 0.6) is 0 Å². The van der Waals surface area contributed by atoms with E-state index in [4.69, 9.17) is 4.98 Å². The van der Waals surface area contributed by atoms with Gasteiger partial charge in [-0.15, -0.1) is 31.8 Å². The Morgan fingerprint density at radius 1 is 0.660 bits per heavy atom. The minimum absolute atomic E-state index is 0.639. The zero-order valence-electron chi connectivity index (χ0n) is 26.8. The van der Waals surface area contributed by atoms with Crippen LogP contribution in [0.1, 0.15) is 67.6 Å². The van der Waals surface area contributed by atoms with Crippen molar-refractivity contribution in [3.05, 3.63) is 94.9 Å². The molecular formula is C37H38N8S2. The molecule has 0 radical (unpaired) electrons. The van der Waals surface area contributed by atoms with Gasteiger partial charge in [-0.2, -0.15) is 10.2 Å². The monoisotopic (exact) mass is 658 g/mol. The first-order chi connectivity index (χ1) is 23.1. The third-order valence-electron chi connectivity index (χ3n) is 8.91. The third-order valence-corrected chi connectivity index (χ3v) is 10.7. The van der Waals surface area contributed by atoms with Gasteiger partial charge < -0.3 is 4.90 Å². The molecule has 10 heteroatoms. The third kappa shape index (κ3) is 7.77. The average molecular weight is 659 g/mol. The number of thiazole rings is 1. The molecule has 0 bridgehead atoms. The van der Waals surface area contributed by atoms with Gasteiger partial charge in [-0.3, -0.25) is 0 Å². The van der Waals surface area contributed by atoms with E-state index in [2.05, 4.69) is 65.9 Å². The van der Waals surface area contributed by atoms with E-state index in [0.29, 0.717) is 11.0 Å². The maximum atomic E-state index is 4.72. The fourth-order valence-corrected chi connectivity index (χ4v) is 7.75. The summed E-state index contributed by atoms with van der Waals surface area (Å²) in [5.74, 6) is 0.706. The predicted molar refractivity (Wildman–Crippen MR) is 194 cm³/mol. The van der Waals surface area contributed by atoms with Crippen LogP contribution < -0.4 is 4.90 Å². The number of thiophene rings is 1. The normalized spacial score (nSPS) is 16.0. The first-order valence-electron chi connectivity index (χ1n) is 16.4. The molecule has 0 atom stereocenters. The number of aromatic nitrogens is 1. The largest absolute Gasteiger partial charge is 0.363 e. The highest BCUT2D eigenvalue weighted by Gasteiger charge is 2.16. The van der Waals surface area contributed by atoms with Crippen molar-refractivity contribution in [3.63, 3.8) is 0 Å². The molecule has 7 rings (SSSR count). The Labute approximate surface area is 284 Å². The lowest BCUT2D eigenvalue weighted by molar-refractivity contribution is 0.443. The van der Waals surface area contributed by atoms with Gasteiger partial charge >= 0.3 is 0 Å². The standard InChI is InChI=1S/C37H38N8S2/c1-25-23-31(40-43-35-18-19-36(47-35)45-20-6-7-21-45)15-16-32(25)41-39-30-14-17-33(26(2)22-30)42-44-37-38-34(24-46-37)29-12-10-28(11-13-29)27-8-4-3-5-9-27/h10-19,22-24,27H,3-9,20-21H2,1-2H3/b41-39+,43-40+,44-42+. The minimum Gasteiger partial charge on any atom is -0.363 e. The van der Waals surface area contributed by atoms with Gasteiger partial charge in [0.2, 0.25) is 5.13 Å². The number of azo groups is 3. The molecule has 238 valence electrons. The molecule has 2 aliphatic rings. The van der Waals surface area contributed by atoms with Crippen LogP contribution in [-0.4, -0.2) is 18.1 Å². The Hall–Kier alpha value is -4.41. The molecule has 0 unspecified atom stereocenters. The molecule has 2 fully saturated rings. The molecule has 0 N–H and O–H groups in total. The molecule has 2 aromatic heterocycles. The summed E-state index contributed by atoms with van der Waals surface area (Å²) in [5.41, 5.74) is 8.58. The van der Waals surface area contributed by atoms with Gasteiger partial charge in [-0.05, 0) is 111 Å². The lowest BCUT2D eigenvalue weighted by Gasteiger charge is -2.21. The van der Waals surface area contributed by atoms with Crippen LogP contribution in [0.3, 0.4) is 0 Å². The first kappa shape index (κ1) is 31.2. The summed E-state index contributed by atoms with van der Waals surface area (Å²) in [4.78, 5) is 7.13. The molecule has 8 nitrogen and oxygen atoms in total. The van der Waals surface area contributed by atoms with E-state index in [0.717, 1.165) is 63.2 Å². The second kappa shape index (κ2) is 14.6. The van der Waals surface area contributed by atoms with Crippen LogP contribution in [0.2, 0.25) is 0 Å². The zero-order valence-corrected chi connectivity index (χ0v) is 28.5. The first-order valence-corrected chi connectivity index (χ1v) is 18.1. The number of anilines is 1. The summed E-state index contributed by atoms with van der Waals surface area (Å²) in [6.45, 7) is 6.27. The van der Waals surface area contributed by atoms with Crippen molar-refractivity contribution < 1.29 is 0 Å². The number of rotatable bonds is 9. The van der Waals surface area contributed by atoms with Gasteiger partial charge in [0.05, 0.1) is 33.4 Å². The highest BCUT2D eigenvalue weighted by atomic mass is 32.1. The number of hydrogen-bond acceptors (Lipinski definition) is 10. The fraction of sp³-hybridized carbons (Fsp3) is 0.324. The number of nitrogens with zero attached hydrogens (tertiary/aromatic N) is 8.